The molecule has 1 aromatic heterocycles. The molecular formula is C24H32N2O3. The van der Waals surface area contributed by atoms with Gasteiger partial charge in [-0.2, -0.15) is 0 Å². The molecule has 2 aliphatic rings. The Hall–Kier alpha value is -2.30. The van der Waals surface area contributed by atoms with E-state index in [-0.39, 0.29) is 5.91 Å². The predicted molar refractivity (Wildman–Crippen MR) is 112 cm³/mol. The molecule has 0 saturated heterocycles. The summed E-state index contributed by atoms with van der Waals surface area (Å²) in [5, 5.41) is 7.23. The summed E-state index contributed by atoms with van der Waals surface area (Å²) in [6.07, 6.45) is 9.54. The fourth-order valence-electron chi connectivity index (χ4n) is 5.04. The molecule has 2 saturated carbocycles. The van der Waals surface area contributed by atoms with Crippen LogP contribution < -0.4 is 10.1 Å². The lowest BCUT2D eigenvalue weighted by Crippen LogP contribution is -2.42. The third-order valence-corrected chi connectivity index (χ3v) is 6.76. The van der Waals surface area contributed by atoms with Crippen LogP contribution in [0, 0.1) is 25.7 Å². The molecular weight excluding hydrogens is 364 g/mol. The van der Waals surface area contributed by atoms with E-state index in [0.717, 1.165) is 46.6 Å². The van der Waals surface area contributed by atoms with Gasteiger partial charge in [-0.25, -0.2) is 0 Å². The number of rotatable bonds is 6. The van der Waals surface area contributed by atoms with Crippen LogP contribution in [0.3, 0.4) is 0 Å². The van der Waals surface area contributed by atoms with Crippen LogP contribution in [0.5, 0.6) is 5.75 Å². The number of benzene rings is 1. The summed E-state index contributed by atoms with van der Waals surface area (Å²) in [4.78, 5) is 12.5. The molecule has 156 valence electrons. The van der Waals surface area contributed by atoms with E-state index in [9.17, 15) is 4.79 Å². The molecule has 4 rings (SSSR count). The molecule has 1 N–H and O–H groups in total. The zero-order chi connectivity index (χ0) is 20.2. The smallest absolute Gasteiger partial charge is 0.224 e. The molecule has 5 nitrogen and oxygen atoms in total. The van der Waals surface area contributed by atoms with Gasteiger partial charge >= 0.3 is 0 Å². The quantitative estimate of drug-likeness (QED) is 0.755. The summed E-state index contributed by atoms with van der Waals surface area (Å²) in [6.45, 7) is 4.24. The highest BCUT2D eigenvalue weighted by Crippen LogP contribution is 2.40. The zero-order valence-corrected chi connectivity index (χ0v) is 17.6. The second-order valence-corrected chi connectivity index (χ2v) is 8.79. The summed E-state index contributed by atoms with van der Waals surface area (Å²) in [5.41, 5.74) is 2.86. The Kier molecular flexibility index (Phi) is 6.22. The highest BCUT2D eigenvalue weighted by Gasteiger charge is 2.32. The standard InChI is InChI=1S/C24H32N2O3/c1-16-23(17(2)29-26-16)15-28-22-11-7-18(8-12-22)13-24(27)25-21-10-9-19-5-3-4-6-20(19)14-21/h7-8,11-12,19-21H,3-6,9-10,13-15H2,1-2H3,(H,25,27). The lowest BCUT2D eigenvalue weighted by Gasteiger charge is -2.39. The molecule has 0 spiro atoms. The Bertz CT molecular complexity index is 808. The average molecular weight is 397 g/mol. The van der Waals surface area contributed by atoms with Crippen molar-refractivity contribution in [3.05, 3.63) is 46.8 Å². The number of carbonyl (C=O) groups excluding carboxylic acids is 1. The minimum absolute atomic E-state index is 0.133. The van der Waals surface area contributed by atoms with E-state index in [2.05, 4.69) is 10.5 Å². The first kappa shape index (κ1) is 20.0. The number of fused-ring (bicyclic) bond motifs is 1. The zero-order valence-electron chi connectivity index (χ0n) is 17.6. The number of carbonyl (C=O) groups is 1. The van der Waals surface area contributed by atoms with Crippen molar-refractivity contribution >= 4 is 5.91 Å². The first-order chi connectivity index (χ1) is 14.1. The summed E-state index contributed by atoms with van der Waals surface area (Å²) < 4.78 is 11.0. The van der Waals surface area contributed by atoms with Crippen LogP contribution in [-0.2, 0) is 17.8 Å². The van der Waals surface area contributed by atoms with Crippen molar-refractivity contribution in [2.75, 3.05) is 0 Å². The third-order valence-electron chi connectivity index (χ3n) is 6.76. The first-order valence-corrected chi connectivity index (χ1v) is 11.0. The molecule has 0 aliphatic heterocycles. The van der Waals surface area contributed by atoms with E-state index in [4.69, 9.17) is 9.26 Å². The van der Waals surface area contributed by atoms with E-state index in [1.165, 1.54) is 38.5 Å². The van der Waals surface area contributed by atoms with Gasteiger partial charge in [0.1, 0.15) is 18.1 Å². The van der Waals surface area contributed by atoms with Crippen LogP contribution in [-0.4, -0.2) is 17.1 Å². The summed E-state index contributed by atoms with van der Waals surface area (Å²) in [5.74, 6) is 3.45. The van der Waals surface area contributed by atoms with Crippen molar-refractivity contribution < 1.29 is 14.1 Å². The van der Waals surface area contributed by atoms with Gasteiger partial charge in [0.25, 0.3) is 0 Å². The molecule has 2 aliphatic carbocycles. The average Bonchev–Trinajstić information content (AvgIpc) is 3.05. The first-order valence-electron chi connectivity index (χ1n) is 11.0. The van der Waals surface area contributed by atoms with Gasteiger partial charge < -0.3 is 14.6 Å². The van der Waals surface area contributed by atoms with Crippen LogP contribution in [0.15, 0.2) is 28.8 Å². The van der Waals surface area contributed by atoms with Crippen LogP contribution in [0.2, 0.25) is 0 Å². The van der Waals surface area contributed by atoms with Gasteiger partial charge in [-0.1, -0.05) is 43.0 Å². The molecule has 29 heavy (non-hydrogen) atoms. The van der Waals surface area contributed by atoms with Crippen LogP contribution in [0.1, 0.15) is 67.5 Å². The maximum Gasteiger partial charge on any atom is 0.224 e. The van der Waals surface area contributed by atoms with Gasteiger partial charge in [0.2, 0.25) is 5.91 Å². The van der Waals surface area contributed by atoms with Crippen molar-refractivity contribution in [1.82, 2.24) is 10.5 Å². The molecule has 2 fully saturated rings. The largest absolute Gasteiger partial charge is 0.489 e. The number of aryl methyl sites for hydroxylation is 2. The van der Waals surface area contributed by atoms with E-state index in [1.54, 1.807) is 0 Å². The molecule has 5 heteroatoms. The molecule has 1 amide bonds. The summed E-state index contributed by atoms with van der Waals surface area (Å²) in [6, 6.07) is 8.15. The lowest BCUT2D eigenvalue weighted by molar-refractivity contribution is -0.121. The second kappa shape index (κ2) is 9.02. The van der Waals surface area contributed by atoms with Gasteiger partial charge in [0.15, 0.2) is 0 Å². The van der Waals surface area contributed by atoms with Crippen LogP contribution >= 0.6 is 0 Å². The van der Waals surface area contributed by atoms with Crippen molar-refractivity contribution in [2.24, 2.45) is 11.8 Å². The fraction of sp³-hybridized carbons (Fsp3) is 0.583. The van der Waals surface area contributed by atoms with Crippen molar-refractivity contribution in [3.63, 3.8) is 0 Å². The van der Waals surface area contributed by atoms with Gasteiger partial charge in [0, 0.05) is 6.04 Å². The molecule has 1 heterocycles. The molecule has 3 atom stereocenters. The molecule has 0 bridgehead atoms. The number of amides is 1. The van der Waals surface area contributed by atoms with Gasteiger partial charge in [-0.3, -0.25) is 4.79 Å². The number of hydrogen-bond donors (Lipinski definition) is 1. The van der Waals surface area contributed by atoms with Gasteiger partial charge in [-0.05, 0) is 62.6 Å². The Balaban J connectivity index is 1.24. The molecule has 1 aromatic carbocycles. The molecule has 2 aromatic rings. The van der Waals surface area contributed by atoms with E-state index >= 15 is 0 Å². The van der Waals surface area contributed by atoms with Crippen molar-refractivity contribution in [3.8, 4) is 5.75 Å². The minimum Gasteiger partial charge on any atom is -0.489 e. The van der Waals surface area contributed by atoms with Crippen LogP contribution in [0.4, 0.5) is 0 Å². The number of hydrogen-bond acceptors (Lipinski definition) is 4. The predicted octanol–water partition coefficient (Wildman–Crippen LogP) is 4.89. The third kappa shape index (κ3) is 5.01. The molecule has 3 unspecified atom stereocenters. The van der Waals surface area contributed by atoms with Gasteiger partial charge in [0.05, 0.1) is 17.7 Å². The lowest BCUT2D eigenvalue weighted by atomic mass is 9.69. The highest BCUT2D eigenvalue weighted by molar-refractivity contribution is 5.78. The number of nitrogens with zero attached hydrogens (tertiary/aromatic N) is 1. The van der Waals surface area contributed by atoms with E-state index in [1.807, 2.05) is 38.1 Å². The normalized spacial score (nSPS) is 24.0. The number of nitrogens with one attached hydrogen (secondary N) is 1. The minimum atomic E-state index is 0.133. The Morgan fingerprint density at radius 2 is 1.86 bits per heavy atom. The monoisotopic (exact) mass is 396 g/mol. The Labute approximate surface area is 173 Å². The summed E-state index contributed by atoms with van der Waals surface area (Å²) >= 11 is 0. The maximum atomic E-state index is 12.5. The van der Waals surface area contributed by atoms with Gasteiger partial charge in [-0.15, -0.1) is 0 Å². The molecule has 0 radical (unpaired) electrons. The Morgan fingerprint density at radius 1 is 1.10 bits per heavy atom. The number of ether oxygens (including phenoxy) is 1. The maximum absolute atomic E-state index is 12.5. The van der Waals surface area contributed by atoms with Crippen LogP contribution in [0.25, 0.3) is 0 Å². The van der Waals surface area contributed by atoms with Crippen molar-refractivity contribution in [1.29, 1.82) is 0 Å². The fourth-order valence-corrected chi connectivity index (χ4v) is 5.04. The van der Waals surface area contributed by atoms with E-state index < -0.39 is 0 Å². The topological polar surface area (TPSA) is 64.4 Å². The highest BCUT2D eigenvalue weighted by atomic mass is 16.5. The van der Waals surface area contributed by atoms with Crippen molar-refractivity contribution in [2.45, 2.75) is 77.9 Å². The Morgan fingerprint density at radius 3 is 2.59 bits per heavy atom. The van der Waals surface area contributed by atoms with E-state index in [0.29, 0.717) is 19.1 Å². The summed E-state index contributed by atoms with van der Waals surface area (Å²) in [7, 11) is 0. The SMILES string of the molecule is Cc1noc(C)c1COc1ccc(CC(=O)NC2CCC3CCCCC3C2)cc1. The number of aromatic nitrogens is 1. The second-order valence-electron chi connectivity index (χ2n) is 8.79.